The standard InChI is InChI=1S/C6H4BO2.3C6H5.Sn/c1-2-4-6-5(3-1)8-7-9-6;3*1-2-4-6-5-3-1;/h1-4H;3*1-5H;. The molecule has 0 N–H and O–H groups in total. The van der Waals surface area contributed by atoms with Crippen LogP contribution in [0.25, 0.3) is 0 Å². The Morgan fingerprint density at radius 2 is 0.750 bits per heavy atom. The first-order valence-corrected chi connectivity index (χ1v) is 13.5. The van der Waals surface area contributed by atoms with Crippen LogP contribution in [0.3, 0.4) is 0 Å². The molecule has 0 saturated heterocycles. The molecular weight excluding hydrogens is 450 g/mol. The van der Waals surface area contributed by atoms with Crippen LogP contribution in [0.1, 0.15) is 0 Å². The van der Waals surface area contributed by atoms with E-state index < -0.39 is 19.8 Å². The third-order valence-corrected chi connectivity index (χ3v) is 12.2. The zero-order chi connectivity index (χ0) is 19.0. The summed E-state index contributed by atoms with van der Waals surface area (Å²) in [5.74, 6) is 1.58. The molecule has 0 aliphatic carbocycles. The van der Waals surface area contributed by atoms with E-state index in [0.717, 1.165) is 11.5 Å². The van der Waals surface area contributed by atoms with E-state index in [1.165, 1.54) is 18.4 Å². The van der Waals surface area contributed by atoms with Crippen LogP contribution in [0.2, 0.25) is 0 Å². The normalized spacial score (nSPS) is 11.3. The molecule has 0 aromatic heterocycles. The fourth-order valence-electron chi connectivity index (χ4n) is 3.09. The van der Waals surface area contributed by atoms with Crippen molar-refractivity contribution in [2.75, 3.05) is 0 Å². The van der Waals surface area contributed by atoms with Gasteiger partial charge in [0.15, 0.2) is 0 Å². The Morgan fingerprint density at radius 1 is 0.429 bits per heavy atom. The van der Waals surface area contributed by atoms with Crippen molar-refractivity contribution < 1.29 is 9.31 Å². The molecule has 2 radical (unpaired) electrons. The maximum atomic E-state index is 4.95. The summed E-state index contributed by atoms with van der Waals surface area (Å²) >= 11 is -1.98. The Morgan fingerprint density at radius 3 is 1.11 bits per heavy atom. The summed E-state index contributed by atoms with van der Waals surface area (Å²) in [7, 11) is 1.32. The van der Waals surface area contributed by atoms with Crippen LogP contribution in [0.4, 0.5) is 0 Å². The number of hydrogen-bond acceptors (Lipinski definition) is 2. The van der Waals surface area contributed by atoms with Crippen molar-refractivity contribution in [1.82, 2.24) is 0 Å². The quantitative estimate of drug-likeness (QED) is 0.430. The van der Waals surface area contributed by atoms with Gasteiger partial charge in [-0.15, -0.1) is 0 Å². The van der Waals surface area contributed by atoms with Crippen molar-refractivity contribution in [3.63, 3.8) is 0 Å². The van der Waals surface area contributed by atoms with Gasteiger partial charge in [-0.05, 0) is 12.1 Å². The van der Waals surface area contributed by atoms with E-state index in [1.54, 1.807) is 0 Å². The molecule has 1 aliphatic rings. The van der Waals surface area contributed by atoms with E-state index in [4.69, 9.17) is 9.31 Å². The van der Waals surface area contributed by atoms with E-state index >= 15 is 0 Å². The van der Waals surface area contributed by atoms with E-state index in [0.29, 0.717) is 0 Å². The summed E-state index contributed by atoms with van der Waals surface area (Å²) in [6, 6.07) is 40.5. The van der Waals surface area contributed by atoms with Gasteiger partial charge in [0.2, 0.25) is 0 Å². The van der Waals surface area contributed by atoms with Gasteiger partial charge in [0, 0.05) is 0 Å². The molecule has 5 rings (SSSR count). The minimum absolute atomic E-state index is 0.789. The van der Waals surface area contributed by atoms with Crippen molar-refractivity contribution in [3.8, 4) is 11.5 Å². The first-order valence-electron chi connectivity index (χ1n) is 9.19. The molecule has 1 aliphatic heterocycles. The topological polar surface area (TPSA) is 18.5 Å². The predicted octanol–water partition coefficient (Wildman–Crippen LogP) is 3.19. The summed E-state index contributed by atoms with van der Waals surface area (Å²) in [6.07, 6.45) is 0. The molecule has 0 amide bonds. The Hall–Kier alpha value is -2.66. The summed E-state index contributed by atoms with van der Waals surface area (Å²) in [4.78, 5) is 0. The number of rotatable bonds is 3. The van der Waals surface area contributed by atoms with Gasteiger partial charge in [-0.25, -0.2) is 0 Å². The van der Waals surface area contributed by atoms with Crippen LogP contribution < -0.4 is 20.0 Å². The molecule has 0 bridgehead atoms. The van der Waals surface area contributed by atoms with Crippen LogP contribution in [-0.2, 0) is 0 Å². The molecule has 0 atom stereocenters. The van der Waals surface area contributed by atoms with Gasteiger partial charge in [-0.3, -0.25) is 0 Å². The summed E-state index contributed by atoms with van der Waals surface area (Å²) < 4.78 is 14.5. The molecule has 0 unspecified atom stereocenters. The van der Waals surface area contributed by atoms with Crippen molar-refractivity contribution >= 4 is 38.2 Å². The van der Waals surface area contributed by atoms with Crippen LogP contribution in [0, 0.1) is 0 Å². The van der Waals surface area contributed by atoms with Crippen molar-refractivity contribution in [1.29, 1.82) is 0 Å². The molecule has 28 heavy (non-hydrogen) atoms. The van der Waals surface area contributed by atoms with Crippen LogP contribution in [0.5, 0.6) is 11.5 Å². The fourth-order valence-corrected chi connectivity index (χ4v) is 10.4. The van der Waals surface area contributed by atoms with Gasteiger partial charge in [0.1, 0.15) is 11.5 Å². The fraction of sp³-hybridized carbons (Fsp3) is 0. The Labute approximate surface area is 173 Å². The van der Waals surface area contributed by atoms with Crippen LogP contribution >= 0.6 is 0 Å². The molecule has 1 heterocycles. The monoisotopic (exact) mass is 470 g/mol. The van der Waals surface area contributed by atoms with E-state index in [2.05, 4.69) is 91.0 Å². The molecular formula is C24H19BO2Sn. The average molecular weight is 469 g/mol. The number of fused-ring (bicyclic) bond motifs is 1. The first kappa shape index (κ1) is 18.7. The van der Waals surface area contributed by atoms with Crippen molar-refractivity contribution in [2.45, 2.75) is 0 Å². The molecule has 0 saturated carbocycles. The van der Waals surface area contributed by atoms with Crippen molar-refractivity contribution in [3.05, 3.63) is 115 Å². The Kier molecular flexibility index (Phi) is 6.35. The zero-order valence-corrected chi connectivity index (χ0v) is 18.2. The molecule has 2 nitrogen and oxygen atoms in total. The van der Waals surface area contributed by atoms with Gasteiger partial charge in [0.05, 0.1) is 0 Å². The van der Waals surface area contributed by atoms with Gasteiger partial charge < -0.3 is 9.31 Å². The molecule has 0 fully saturated rings. The van der Waals surface area contributed by atoms with Gasteiger partial charge in [-0.1, -0.05) is 12.1 Å². The SMILES string of the molecule is [B]1Oc2ccccc2O1.c1cc[c]([Sn]([c]2ccccc2)[c]2ccccc2)cc1. The van der Waals surface area contributed by atoms with E-state index in [1.807, 2.05) is 24.3 Å². The average Bonchev–Trinajstić information content (AvgIpc) is 3.26. The number of benzene rings is 4. The van der Waals surface area contributed by atoms with Gasteiger partial charge in [0.25, 0.3) is 0 Å². The zero-order valence-electron chi connectivity index (χ0n) is 15.4. The number of para-hydroxylation sites is 2. The van der Waals surface area contributed by atoms with Gasteiger partial charge >= 0.3 is 129 Å². The van der Waals surface area contributed by atoms with Crippen LogP contribution in [0.15, 0.2) is 115 Å². The second-order valence-corrected chi connectivity index (χ2v) is 13.3. The maximum absolute atomic E-state index is 4.95. The van der Waals surface area contributed by atoms with Gasteiger partial charge in [-0.2, -0.15) is 0 Å². The summed E-state index contributed by atoms with van der Waals surface area (Å²) in [5, 5.41) is 0. The molecule has 0 spiro atoms. The molecule has 4 heteroatoms. The first-order chi connectivity index (χ1) is 13.9. The third kappa shape index (κ3) is 4.60. The van der Waals surface area contributed by atoms with E-state index in [-0.39, 0.29) is 0 Å². The third-order valence-electron chi connectivity index (χ3n) is 4.39. The van der Waals surface area contributed by atoms with Crippen LogP contribution in [-0.4, -0.2) is 27.4 Å². The predicted molar refractivity (Wildman–Crippen MR) is 117 cm³/mol. The molecule has 134 valence electrons. The summed E-state index contributed by atoms with van der Waals surface area (Å²) in [5.41, 5.74) is 0. The molecule has 4 aromatic carbocycles. The second-order valence-electron chi connectivity index (χ2n) is 6.25. The van der Waals surface area contributed by atoms with Crippen molar-refractivity contribution in [2.24, 2.45) is 0 Å². The molecule has 4 aromatic rings. The Balaban J connectivity index is 0.000000177. The Bertz CT molecular complexity index is 878. The minimum atomic E-state index is -1.98. The second kappa shape index (κ2) is 9.51. The van der Waals surface area contributed by atoms with E-state index in [9.17, 15) is 0 Å². The number of hydrogen-bond donors (Lipinski definition) is 0. The summed E-state index contributed by atoms with van der Waals surface area (Å²) in [6.45, 7) is 0.